The van der Waals surface area contributed by atoms with Crippen LogP contribution < -0.4 is 5.73 Å². The van der Waals surface area contributed by atoms with Crippen LogP contribution in [0.25, 0.3) is 0 Å². The molecule has 0 unspecified atom stereocenters. The smallest absolute Gasteiger partial charge is 0.225 e. The highest BCUT2D eigenvalue weighted by Crippen LogP contribution is 2.24. The van der Waals surface area contributed by atoms with Crippen molar-refractivity contribution in [2.75, 3.05) is 31.9 Å². The summed E-state index contributed by atoms with van der Waals surface area (Å²) in [5.74, 6) is 0.639. The molecule has 2 saturated heterocycles. The Morgan fingerprint density at radius 2 is 1.95 bits per heavy atom. The highest BCUT2D eigenvalue weighted by Gasteiger charge is 2.29. The van der Waals surface area contributed by atoms with Crippen molar-refractivity contribution in [2.24, 2.45) is 5.92 Å². The molecule has 2 N–H and O–H groups in total. The summed E-state index contributed by atoms with van der Waals surface area (Å²) in [6.45, 7) is 4.86. The van der Waals surface area contributed by atoms with E-state index in [1.54, 1.807) is 11.3 Å². The predicted octanol–water partition coefficient (Wildman–Crippen LogP) is 1.98. The van der Waals surface area contributed by atoms with Gasteiger partial charge in [0.2, 0.25) is 5.91 Å². The molecule has 3 rings (SSSR count). The van der Waals surface area contributed by atoms with Gasteiger partial charge in [0.1, 0.15) is 0 Å². The van der Waals surface area contributed by atoms with Gasteiger partial charge >= 0.3 is 0 Å². The molecule has 1 aromatic rings. The SMILES string of the molecule is Cl.Nc1ncc(CN2CCC(C(=O)N3CCCC3)CC2)s1. The van der Waals surface area contributed by atoms with Gasteiger partial charge in [0, 0.05) is 36.6 Å². The molecule has 2 fully saturated rings. The monoisotopic (exact) mass is 330 g/mol. The number of hydrogen-bond donors (Lipinski definition) is 1. The minimum absolute atomic E-state index is 0. The maximum atomic E-state index is 12.4. The quantitative estimate of drug-likeness (QED) is 0.920. The van der Waals surface area contributed by atoms with Gasteiger partial charge in [0.05, 0.1) is 0 Å². The summed E-state index contributed by atoms with van der Waals surface area (Å²) in [7, 11) is 0. The molecule has 5 nitrogen and oxygen atoms in total. The molecule has 2 aliphatic rings. The number of nitrogens with zero attached hydrogens (tertiary/aromatic N) is 3. The lowest BCUT2D eigenvalue weighted by molar-refractivity contribution is -0.136. The molecule has 1 amide bonds. The maximum absolute atomic E-state index is 12.4. The molecule has 0 aliphatic carbocycles. The molecular formula is C14H23ClN4OS. The normalized spacial score (nSPS) is 20.5. The molecule has 3 heterocycles. The summed E-state index contributed by atoms with van der Waals surface area (Å²) in [5, 5.41) is 0.638. The van der Waals surface area contributed by atoms with Gasteiger partial charge in [0.15, 0.2) is 5.13 Å². The zero-order valence-corrected chi connectivity index (χ0v) is 13.8. The second-order valence-electron chi connectivity index (χ2n) is 5.75. The summed E-state index contributed by atoms with van der Waals surface area (Å²) in [6, 6.07) is 0. The van der Waals surface area contributed by atoms with Crippen molar-refractivity contribution in [1.29, 1.82) is 0 Å². The average Bonchev–Trinajstić information content (AvgIpc) is 3.11. The van der Waals surface area contributed by atoms with E-state index < -0.39 is 0 Å². The summed E-state index contributed by atoms with van der Waals surface area (Å²) in [4.78, 5) is 22.1. The minimum atomic E-state index is 0. The van der Waals surface area contributed by atoms with E-state index >= 15 is 0 Å². The number of aromatic nitrogens is 1. The van der Waals surface area contributed by atoms with Gasteiger partial charge in [-0.2, -0.15) is 0 Å². The average molecular weight is 331 g/mol. The third-order valence-electron chi connectivity index (χ3n) is 4.31. The Labute approximate surface area is 135 Å². The number of anilines is 1. The highest BCUT2D eigenvalue weighted by atomic mass is 35.5. The number of nitrogens with two attached hydrogens (primary N) is 1. The van der Waals surface area contributed by atoms with Gasteiger partial charge in [-0.3, -0.25) is 9.69 Å². The number of hydrogen-bond acceptors (Lipinski definition) is 5. The van der Waals surface area contributed by atoms with E-state index in [1.807, 2.05) is 6.20 Å². The molecular weight excluding hydrogens is 308 g/mol. The summed E-state index contributed by atoms with van der Waals surface area (Å²) < 4.78 is 0. The van der Waals surface area contributed by atoms with Crippen LogP contribution in [-0.2, 0) is 11.3 Å². The molecule has 1 aromatic heterocycles. The number of nitrogen functional groups attached to an aromatic ring is 1. The van der Waals surface area contributed by atoms with E-state index in [0.29, 0.717) is 11.0 Å². The summed E-state index contributed by atoms with van der Waals surface area (Å²) in [6.07, 6.45) is 6.20. The van der Waals surface area contributed by atoms with E-state index in [0.717, 1.165) is 45.6 Å². The first-order valence-electron chi connectivity index (χ1n) is 7.43. The maximum Gasteiger partial charge on any atom is 0.225 e. The highest BCUT2D eigenvalue weighted by molar-refractivity contribution is 7.15. The lowest BCUT2D eigenvalue weighted by atomic mass is 9.95. The van der Waals surface area contributed by atoms with E-state index in [1.165, 1.54) is 17.7 Å². The molecule has 7 heteroatoms. The minimum Gasteiger partial charge on any atom is -0.375 e. The molecule has 118 valence electrons. The lowest BCUT2D eigenvalue weighted by Gasteiger charge is -2.32. The molecule has 21 heavy (non-hydrogen) atoms. The molecule has 0 saturated carbocycles. The predicted molar refractivity (Wildman–Crippen MR) is 87.6 cm³/mol. The van der Waals surface area contributed by atoms with Crippen LogP contribution in [0.3, 0.4) is 0 Å². The Balaban J connectivity index is 0.00000161. The first-order chi connectivity index (χ1) is 9.72. The third-order valence-corrected chi connectivity index (χ3v) is 5.12. The Morgan fingerprint density at radius 3 is 2.52 bits per heavy atom. The van der Waals surface area contributed by atoms with Crippen LogP contribution in [0.5, 0.6) is 0 Å². The number of likely N-dealkylation sites (tertiary alicyclic amines) is 2. The Hall–Kier alpha value is -0.850. The van der Waals surface area contributed by atoms with Gasteiger partial charge in [-0.05, 0) is 38.8 Å². The fourth-order valence-electron chi connectivity index (χ4n) is 3.15. The standard InChI is InChI=1S/C14H22N4OS.ClH/c15-14-16-9-12(20-14)10-17-7-3-11(4-8-17)13(19)18-5-1-2-6-18;/h9,11H,1-8,10H2,(H2,15,16);1H. The van der Waals surface area contributed by atoms with Gasteiger partial charge < -0.3 is 10.6 Å². The van der Waals surface area contributed by atoms with Crippen LogP contribution in [0.2, 0.25) is 0 Å². The first kappa shape index (κ1) is 16.5. The first-order valence-corrected chi connectivity index (χ1v) is 8.25. The van der Waals surface area contributed by atoms with Crippen molar-refractivity contribution < 1.29 is 4.79 Å². The number of rotatable bonds is 3. The number of carbonyl (C=O) groups excluding carboxylic acids is 1. The van der Waals surface area contributed by atoms with Crippen LogP contribution in [0.4, 0.5) is 5.13 Å². The Kier molecular flexibility index (Phi) is 5.84. The van der Waals surface area contributed by atoms with Crippen LogP contribution in [-0.4, -0.2) is 46.9 Å². The number of halogens is 1. The van der Waals surface area contributed by atoms with Crippen molar-refractivity contribution in [1.82, 2.24) is 14.8 Å². The Bertz CT molecular complexity index is 467. The van der Waals surface area contributed by atoms with E-state index in [4.69, 9.17) is 5.73 Å². The van der Waals surface area contributed by atoms with Crippen LogP contribution in [0.15, 0.2) is 6.20 Å². The number of amides is 1. The molecule has 0 bridgehead atoms. The van der Waals surface area contributed by atoms with Gasteiger partial charge in [-0.25, -0.2) is 4.98 Å². The zero-order chi connectivity index (χ0) is 13.9. The third kappa shape index (κ3) is 4.08. The largest absolute Gasteiger partial charge is 0.375 e. The number of piperidine rings is 1. The van der Waals surface area contributed by atoms with E-state index in [2.05, 4.69) is 14.8 Å². The van der Waals surface area contributed by atoms with Crippen molar-refractivity contribution in [2.45, 2.75) is 32.2 Å². The van der Waals surface area contributed by atoms with Gasteiger partial charge in [0.25, 0.3) is 0 Å². The van der Waals surface area contributed by atoms with E-state index in [9.17, 15) is 4.79 Å². The molecule has 0 spiro atoms. The van der Waals surface area contributed by atoms with Crippen molar-refractivity contribution in [3.63, 3.8) is 0 Å². The van der Waals surface area contributed by atoms with Crippen molar-refractivity contribution >= 4 is 34.8 Å². The van der Waals surface area contributed by atoms with Gasteiger partial charge in [-0.15, -0.1) is 23.7 Å². The second-order valence-corrected chi connectivity index (χ2v) is 6.89. The topological polar surface area (TPSA) is 62.5 Å². The van der Waals surface area contributed by atoms with Crippen molar-refractivity contribution in [3.8, 4) is 0 Å². The van der Waals surface area contributed by atoms with Crippen LogP contribution in [0, 0.1) is 5.92 Å². The zero-order valence-electron chi connectivity index (χ0n) is 12.2. The molecule has 2 aliphatic heterocycles. The second kappa shape index (κ2) is 7.42. The fourth-order valence-corrected chi connectivity index (χ4v) is 3.88. The summed E-state index contributed by atoms with van der Waals surface area (Å²) in [5.41, 5.74) is 5.65. The van der Waals surface area contributed by atoms with Gasteiger partial charge in [-0.1, -0.05) is 0 Å². The van der Waals surface area contributed by atoms with E-state index in [-0.39, 0.29) is 18.3 Å². The lowest BCUT2D eigenvalue weighted by Crippen LogP contribution is -2.41. The molecule has 0 atom stereocenters. The fraction of sp³-hybridized carbons (Fsp3) is 0.714. The molecule has 0 radical (unpaired) electrons. The molecule has 0 aromatic carbocycles. The van der Waals surface area contributed by atoms with Crippen molar-refractivity contribution in [3.05, 3.63) is 11.1 Å². The number of carbonyl (C=O) groups is 1. The number of thiazole rings is 1. The summed E-state index contributed by atoms with van der Waals surface area (Å²) >= 11 is 1.56. The van der Waals surface area contributed by atoms with Crippen LogP contribution >= 0.6 is 23.7 Å². The Morgan fingerprint density at radius 1 is 1.29 bits per heavy atom. The van der Waals surface area contributed by atoms with Crippen LogP contribution in [0.1, 0.15) is 30.6 Å².